The Morgan fingerprint density at radius 1 is 1.31 bits per heavy atom. The lowest BCUT2D eigenvalue weighted by Gasteiger charge is -2.03. The first kappa shape index (κ1) is 19.0. The van der Waals surface area contributed by atoms with Gasteiger partial charge in [0.1, 0.15) is 5.01 Å². The Hall–Kier alpha value is -1.78. The van der Waals surface area contributed by atoms with Crippen molar-refractivity contribution in [1.82, 2.24) is 25.0 Å². The maximum absolute atomic E-state index is 12.1. The molecular weight excluding hydrogens is 388 g/mol. The van der Waals surface area contributed by atoms with Crippen molar-refractivity contribution >= 4 is 45.5 Å². The van der Waals surface area contributed by atoms with Crippen molar-refractivity contribution in [2.75, 3.05) is 11.1 Å². The van der Waals surface area contributed by atoms with Crippen LogP contribution in [0.4, 0.5) is 5.13 Å². The molecule has 3 heterocycles. The number of amides is 1. The number of thioether (sulfide) groups is 1. The Bertz CT molecular complexity index is 898. The van der Waals surface area contributed by atoms with Gasteiger partial charge in [0.2, 0.25) is 11.0 Å². The fraction of sp³-hybridized carbons (Fsp3) is 0.438. The molecular formula is C16H20N6OS3. The van der Waals surface area contributed by atoms with Crippen LogP contribution in [0.1, 0.15) is 36.6 Å². The average Bonchev–Trinajstić information content (AvgIpc) is 3.32. The molecule has 26 heavy (non-hydrogen) atoms. The van der Waals surface area contributed by atoms with Gasteiger partial charge >= 0.3 is 0 Å². The Morgan fingerprint density at radius 3 is 2.77 bits per heavy atom. The molecule has 3 rings (SSSR count). The van der Waals surface area contributed by atoms with Crippen LogP contribution >= 0.6 is 34.4 Å². The number of hydrogen-bond acceptors (Lipinski definition) is 8. The zero-order valence-electron chi connectivity index (χ0n) is 15.0. The third-order valence-electron chi connectivity index (χ3n) is 3.63. The molecule has 0 unspecified atom stereocenters. The summed E-state index contributed by atoms with van der Waals surface area (Å²) in [6, 6.07) is 2.15. The van der Waals surface area contributed by atoms with Gasteiger partial charge in [-0.3, -0.25) is 10.1 Å². The molecule has 0 bridgehead atoms. The molecule has 0 aliphatic rings. The van der Waals surface area contributed by atoms with Gasteiger partial charge in [0.15, 0.2) is 11.0 Å². The third kappa shape index (κ3) is 4.30. The predicted molar refractivity (Wildman–Crippen MR) is 107 cm³/mol. The van der Waals surface area contributed by atoms with E-state index in [4.69, 9.17) is 0 Å². The highest BCUT2D eigenvalue weighted by Gasteiger charge is 2.15. The second-order valence-corrected chi connectivity index (χ2v) is 8.90. The number of anilines is 1. The Morgan fingerprint density at radius 2 is 2.12 bits per heavy atom. The summed E-state index contributed by atoms with van der Waals surface area (Å²) in [5.41, 5.74) is 1.06. The smallest absolute Gasteiger partial charge is 0.236 e. The van der Waals surface area contributed by atoms with Gasteiger partial charge in [0, 0.05) is 22.9 Å². The first-order valence-corrected chi connectivity index (χ1v) is 10.9. The lowest BCUT2D eigenvalue weighted by molar-refractivity contribution is -0.113. The first-order valence-electron chi connectivity index (χ1n) is 8.21. The summed E-state index contributed by atoms with van der Waals surface area (Å²) < 4.78 is 1.92. The predicted octanol–water partition coefficient (Wildman–Crippen LogP) is 3.81. The third-order valence-corrected chi connectivity index (χ3v) is 6.87. The molecule has 1 amide bonds. The van der Waals surface area contributed by atoms with Gasteiger partial charge in [-0.15, -0.1) is 31.7 Å². The Labute approximate surface area is 164 Å². The van der Waals surface area contributed by atoms with Crippen molar-refractivity contribution in [2.24, 2.45) is 7.05 Å². The largest absolute Gasteiger partial charge is 0.305 e. The number of nitrogens with zero attached hydrogens (tertiary/aromatic N) is 5. The zero-order valence-corrected chi connectivity index (χ0v) is 17.5. The first-order chi connectivity index (χ1) is 12.5. The normalized spacial score (nSPS) is 11.3. The topological polar surface area (TPSA) is 85.6 Å². The van der Waals surface area contributed by atoms with E-state index in [0.29, 0.717) is 16.2 Å². The van der Waals surface area contributed by atoms with E-state index >= 15 is 0 Å². The van der Waals surface area contributed by atoms with Crippen LogP contribution in [-0.4, -0.2) is 36.6 Å². The maximum Gasteiger partial charge on any atom is 0.236 e. The Kier molecular flexibility index (Phi) is 6.05. The van der Waals surface area contributed by atoms with Crippen LogP contribution in [0.5, 0.6) is 0 Å². The molecule has 0 saturated carbocycles. The lowest BCUT2D eigenvalue weighted by atomic mass is 10.1. The number of nitrogens with one attached hydrogen (secondary N) is 1. The molecule has 10 heteroatoms. The van der Waals surface area contributed by atoms with Crippen LogP contribution in [0, 0.1) is 0 Å². The molecule has 0 atom stereocenters. The second-order valence-electron chi connectivity index (χ2n) is 5.95. The quantitative estimate of drug-likeness (QED) is 0.598. The summed E-state index contributed by atoms with van der Waals surface area (Å²) >= 11 is 4.48. The van der Waals surface area contributed by atoms with Crippen LogP contribution in [0.3, 0.4) is 0 Å². The Balaban J connectivity index is 1.61. The summed E-state index contributed by atoms with van der Waals surface area (Å²) in [5, 5.41) is 23.5. The number of thiophene rings is 1. The summed E-state index contributed by atoms with van der Waals surface area (Å²) in [5.74, 6) is 1.42. The lowest BCUT2D eigenvalue weighted by Crippen LogP contribution is -2.14. The van der Waals surface area contributed by atoms with E-state index in [-0.39, 0.29) is 11.7 Å². The van der Waals surface area contributed by atoms with Crippen molar-refractivity contribution < 1.29 is 4.79 Å². The molecule has 0 fully saturated rings. The molecule has 0 aromatic carbocycles. The fourth-order valence-electron chi connectivity index (χ4n) is 2.20. The van der Waals surface area contributed by atoms with E-state index in [1.165, 1.54) is 28.0 Å². The van der Waals surface area contributed by atoms with Gasteiger partial charge in [-0.2, -0.15) is 0 Å². The van der Waals surface area contributed by atoms with Crippen molar-refractivity contribution in [1.29, 1.82) is 0 Å². The minimum Gasteiger partial charge on any atom is -0.305 e. The van der Waals surface area contributed by atoms with Crippen LogP contribution < -0.4 is 5.32 Å². The molecule has 0 radical (unpaired) electrons. The number of aryl methyl sites for hydroxylation is 1. The summed E-state index contributed by atoms with van der Waals surface area (Å²) in [4.78, 5) is 13.4. The number of carbonyl (C=O) groups excluding carboxylic acids is 1. The number of aromatic nitrogens is 5. The molecule has 138 valence electrons. The van der Waals surface area contributed by atoms with Crippen LogP contribution in [-0.2, 0) is 18.3 Å². The van der Waals surface area contributed by atoms with Gasteiger partial charge in [0.25, 0.3) is 0 Å². The average molecular weight is 409 g/mol. The van der Waals surface area contributed by atoms with E-state index in [1.54, 1.807) is 11.3 Å². The fourth-order valence-corrected chi connectivity index (χ4v) is 4.51. The van der Waals surface area contributed by atoms with E-state index in [9.17, 15) is 4.79 Å². The van der Waals surface area contributed by atoms with Gasteiger partial charge in [-0.1, -0.05) is 43.9 Å². The minimum atomic E-state index is -0.129. The van der Waals surface area contributed by atoms with Crippen molar-refractivity contribution in [3.63, 3.8) is 0 Å². The zero-order chi connectivity index (χ0) is 18.7. The standard InChI is InChI=1S/C16H20N6OS3/c1-5-13-18-20-15(26-13)17-12(23)8-25-16-21-19-14(22(16)4)10-6-11(9(2)3)24-7-10/h6-7,9H,5,8H2,1-4H3,(H,17,20,23). The molecule has 3 aromatic heterocycles. The molecule has 1 N–H and O–H groups in total. The monoisotopic (exact) mass is 408 g/mol. The highest BCUT2D eigenvalue weighted by atomic mass is 32.2. The molecule has 0 spiro atoms. The van der Waals surface area contributed by atoms with Crippen LogP contribution in [0.25, 0.3) is 11.4 Å². The highest BCUT2D eigenvalue weighted by molar-refractivity contribution is 7.99. The number of hydrogen-bond donors (Lipinski definition) is 1. The van der Waals surface area contributed by atoms with Gasteiger partial charge in [-0.25, -0.2) is 0 Å². The second kappa shape index (κ2) is 8.28. The summed E-state index contributed by atoms with van der Waals surface area (Å²) in [7, 11) is 1.92. The SMILES string of the molecule is CCc1nnc(NC(=O)CSc2nnc(-c3csc(C(C)C)c3)n2C)s1. The van der Waals surface area contributed by atoms with Gasteiger partial charge in [-0.05, 0) is 18.4 Å². The summed E-state index contributed by atoms with van der Waals surface area (Å²) in [6.07, 6.45) is 0.811. The molecule has 0 aliphatic heterocycles. The van der Waals surface area contributed by atoms with Crippen LogP contribution in [0.2, 0.25) is 0 Å². The molecule has 0 aliphatic carbocycles. The van der Waals surface area contributed by atoms with E-state index < -0.39 is 0 Å². The van der Waals surface area contributed by atoms with E-state index in [1.807, 2.05) is 18.5 Å². The molecule has 7 nitrogen and oxygen atoms in total. The van der Waals surface area contributed by atoms with Crippen molar-refractivity contribution in [2.45, 2.75) is 38.3 Å². The number of rotatable bonds is 7. The van der Waals surface area contributed by atoms with Crippen LogP contribution in [0.15, 0.2) is 16.6 Å². The minimum absolute atomic E-state index is 0.129. The van der Waals surface area contributed by atoms with Gasteiger partial charge < -0.3 is 4.57 Å². The highest BCUT2D eigenvalue weighted by Crippen LogP contribution is 2.30. The summed E-state index contributed by atoms with van der Waals surface area (Å²) in [6.45, 7) is 6.35. The van der Waals surface area contributed by atoms with E-state index in [2.05, 4.69) is 51.0 Å². The van der Waals surface area contributed by atoms with Gasteiger partial charge in [0.05, 0.1) is 5.75 Å². The maximum atomic E-state index is 12.1. The van der Waals surface area contributed by atoms with E-state index in [0.717, 1.165) is 22.8 Å². The number of carbonyl (C=O) groups is 1. The molecule has 0 saturated heterocycles. The molecule has 3 aromatic rings. The van der Waals surface area contributed by atoms with Crippen molar-refractivity contribution in [3.8, 4) is 11.4 Å². The van der Waals surface area contributed by atoms with Crippen molar-refractivity contribution in [3.05, 3.63) is 21.3 Å².